The zero-order valence-corrected chi connectivity index (χ0v) is 11.9. The van der Waals surface area contributed by atoms with Crippen LogP contribution in [0.15, 0.2) is 63.6 Å². The van der Waals surface area contributed by atoms with E-state index in [0.29, 0.717) is 5.02 Å². The van der Waals surface area contributed by atoms with Gasteiger partial charge >= 0.3 is 0 Å². The SMILES string of the molecule is Clc1ccc(O/C=C(\I)CC2=C=CC=C2)cc1. The van der Waals surface area contributed by atoms with E-state index in [2.05, 4.69) is 34.4 Å². The molecule has 0 heterocycles. The number of ether oxygens (including phenoxy) is 1. The summed E-state index contributed by atoms with van der Waals surface area (Å²) < 4.78 is 6.65. The highest BCUT2D eigenvalue weighted by Crippen LogP contribution is 2.21. The number of hydrogen-bond donors (Lipinski definition) is 0. The molecule has 1 nitrogen and oxygen atoms in total. The van der Waals surface area contributed by atoms with Crippen LogP contribution in [-0.2, 0) is 0 Å². The van der Waals surface area contributed by atoms with Crippen molar-refractivity contribution >= 4 is 34.2 Å². The van der Waals surface area contributed by atoms with Crippen LogP contribution < -0.4 is 4.74 Å². The molecule has 0 spiro atoms. The lowest BCUT2D eigenvalue weighted by Crippen LogP contribution is -1.84. The summed E-state index contributed by atoms with van der Waals surface area (Å²) in [5.41, 5.74) is 4.33. The first-order valence-electron chi connectivity index (χ1n) is 5.13. The van der Waals surface area contributed by atoms with Crippen LogP contribution in [0.4, 0.5) is 0 Å². The summed E-state index contributed by atoms with van der Waals surface area (Å²) in [5, 5.41) is 0.711. The quantitative estimate of drug-likeness (QED) is 0.417. The number of halogens is 2. The molecule has 1 aliphatic rings. The van der Waals surface area contributed by atoms with Gasteiger partial charge < -0.3 is 4.74 Å². The molecule has 86 valence electrons. The van der Waals surface area contributed by atoms with Gasteiger partial charge in [0.05, 0.1) is 0 Å². The maximum atomic E-state index is 5.79. The van der Waals surface area contributed by atoms with Gasteiger partial charge in [0, 0.05) is 15.0 Å². The Kier molecular flexibility index (Phi) is 4.49. The lowest BCUT2D eigenvalue weighted by atomic mass is 10.2. The molecule has 0 bridgehead atoms. The molecule has 0 atom stereocenters. The monoisotopic (exact) mass is 356 g/mol. The molecule has 2 rings (SSSR count). The number of allylic oxidation sites excluding steroid dienone is 4. The minimum atomic E-state index is 0.711. The Morgan fingerprint density at radius 2 is 2.12 bits per heavy atom. The van der Waals surface area contributed by atoms with Gasteiger partial charge in [-0.05, 0) is 58.5 Å². The lowest BCUT2D eigenvalue weighted by molar-refractivity contribution is 0.479. The molecule has 0 N–H and O–H groups in total. The van der Waals surface area contributed by atoms with E-state index in [1.165, 1.54) is 5.57 Å². The summed E-state index contributed by atoms with van der Waals surface area (Å²) in [7, 11) is 0. The Hall–Kier alpha value is -0.960. The van der Waals surface area contributed by atoms with Crippen LogP contribution in [0.3, 0.4) is 0 Å². The van der Waals surface area contributed by atoms with Gasteiger partial charge in [0.15, 0.2) is 0 Å². The Morgan fingerprint density at radius 3 is 2.76 bits per heavy atom. The van der Waals surface area contributed by atoms with Crippen molar-refractivity contribution in [3.05, 3.63) is 68.7 Å². The molecule has 1 aromatic carbocycles. The highest BCUT2D eigenvalue weighted by Gasteiger charge is 1.99. The molecule has 0 saturated carbocycles. The summed E-state index contributed by atoms with van der Waals surface area (Å²) in [6, 6.07) is 7.31. The second-order valence-corrected chi connectivity index (χ2v) is 5.33. The van der Waals surface area contributed by atoms with Gasteiger partial charge in [-0.15, -0.1) is 5.73 Å². The number of hydrogen-bond acceptors (Lipinski definition) is 1. The van der Waals surface area contributed by atoms with Crippen LogP contribution in [0.25, 0.3) is 0 Å². The van der Waals surface area contributed by atoms with Crippen LogP contribution in [0.1, 0.15) is 6.42 Å². The predicted molar refractivity (Wildman–Crippen MR) is 79.5 cm³/mol. The third-order valence-electron chi connectivity index (χ3n) is 2.16. The van der Waals surface area contributed by atoms with E-state index in [1.807, 2.05) is 36.4 Å². The number of rotatable bonds is 4. The molecule has 0 aliphatic heterocycles. The third kappa shape index (κ3) is 4.08. The van der Waals surface area contributed by atoms with Crippen LogP contribution >= 0.6 is 34.2 Å². The van der Waals surface area contributed by atoms with Gasteiger partial charge in [-0.1, -0.05) is 23.8 Å². The van der Waals surface area contributed by atoms with Crippen molar-refractivity contribution in [1.29, 1.82) is 0 Å². The highest BCUT2D eigenvalue weighted by atomic mass is 127. The van der Waals surface area contributed by atoms with Crippen molar-refractivity contribution in [3.8, 4) is 5.75 Å². The molecule has 0 saturated heterocycles. The summed E-state index contributed by atoms with van der Waals surface area (Å²) in [5.74, 6) is 0.787. The van der Waals surface area contributed by atoms with Crippen molar-refractivity contribution < 1.29 is 4.74 Å². The van der Waals surface area contributed by atoms with Gasteiger partial charge in [-0.3, -0.25) is 0 Å². The Labute approximate surface area is 119 Å². The molecule has 17 heavy (non-hydrogen) atoms. The zero-order chi connectivity index (χ0) is 12.1. The lowest BCUT2D eigenvalue weighted by Gasteiger charge is -2.02. The molecule has 0 fully saturated rings. The maximum Gasteiger partial charge on any atom is 0.126 e. The molecule has 0 unspecified atom stereocenters. The van der Waals surface area contributed by atoms with Gasteiger partial charge in [-0.2, -0.15) is 0 Å². The molecule has 0 aromatic heterocycles. The first kappa shape index (κ1) is 12.5. The molecule has 3 heteroatoms. The minimum Gasteiger partial charge on any atom is -0.464 e. The van der Waals surface area contributed by atoms with Crippen LogP contribution in [0.2, 0.25) is 5.02 Å². The molecule has 1 aromatic rings. The van der Waals surface area contributed by atoms with Crippen LogP contribution in [-0.4, -0.2) is 0 Å². The minimum absolute atomic E-state index is 0.711. The molecular formula is C14H10ClIO. The average molecular weight is 357 g/mol. The second kappa shape index (κ2) is 6.10. The van der Waals surface area contributed by atoms with E-state index in [0.717, 1.165) is 15.8 Å². The largest absolute Gasteiger partial charge is 0.464 e. The fraction of sp³-hybridized carbons (Fsp3) is 0.0714. The Balaban J connectivity index is 1.93. The van der Waals surface area contributed by atoms with E-state index in [9.17, 15) is 0 Å². The second-order valence-electron chi connectivity index (χ2n) is 3.51. The average Bonchev–Trinajstić information content (AvgIpc) is 2.81. The van der Waals surface area contributed by atoms with Gasteiger partial charge in [0.1, 0.15) is 12.0 Å². The van der Waals surface area contributed by atoms with Crippen molar-refractivity contribution in [3.63, 3.8) is 0 Å². The highest BCUT2D eigenvalue weighted by molar-refractivity contribution is 14.1. The molecule has 1 aliphatic carbocycles. The van der Waals surface area contributed by atoms with Crippen molar-refractivity contribution in [1.82, 2.24) is 0 Å². The van der Waals surface area contributed by atoms with Crippen LogP contribution in [0.5, 0.6) is 5.75 Å². The fourth-order valence-electron chi connectivity index (χ4n) is 1.35. The Morgan fingerprint density at radius 1 is 1.35 bits per heavy atom. The smallest absolute Gasteiger partial charge is 0.126 e. The van der Waals surface area contributed by atoms with E-state index in [1.54, 1.807) is 6.26 Å². The van der Waals surface area contributed by atoms with Gasteiger partial charge in [0.2, 0.25) is 0 Å². The molecular weight excluding hydrogens is 347 g/mol. The third-order valence-corrected chi connectivity index (χ3v) is 3.05. The summed E-state index contributed by atoms with van der Waals surface area (Å²) in [6.45, 7) is 0. The van der Waals surface area contributed by atoms with Crippen molar-refractivity contribution in [2.75, 3.05) is 0 Å². The summed E-state index contributed by atoms with van der Waals surface area (Å²) >= 11 is 8.06. The van der Waals surface area contributed by atoms with E-state index in [-0.39, 0.29) is 0 Å². The molecule has 0 radical (unpaired) electrons. The first-order valence-corrected chi connectivity index (χ1v) is 6.59. The van der Waals surface area contributed by atoms with Gasteiger partial charge in [-0.25, -0.2) is 0 Å². The normalized spacial score (nSPS) is 14.0. The van der Waals surface area contributed by atoms with Crippen molar-refractivity contribution in [2.45, 2.75) is 6.42 Å². The van der Waals surface area contributed by atoms with E-state index in [4.69, 9.17) is 16.3 Å². The summed E-state index contributed by atoms with van der Waals surface area (Å²) in [4.78, 5) is 0. The van der Waals surface area contributed by atoms with E-state index < -0.39 is 0 Å². The standard InChI is InChI=1S/C14H10ClIO/c15-12-5-7-14(8-6-12)17-10-13(16)9-11-3-1-2-4-11/h1-3,5-8,10H,9H2/b13-10-. The topological polar surface area (TPSA) is 9.23 Å². The maximum absolute atomic E-state index is 5.79. The fourth-order valence-corrected chi connectivity index (χ4v) is 2.01. The predicted octanol–water partition coefficient (Wildman–Crippen LogP) is 5.04. The summed E-state index contributed by atoms with van der Waals surface area (Å²) in [6.07, 6.45) is 8.55. The van der Waals surface area contributed by atoms with E-state index >= 15 is 0 Å². The first-order chi connectivity index (χ1) is 8.24. The van der Waals surface area contributed by atoms with Crippen LogP contribution in [0, 0.1) is 0 Å². The number of benzene rings is 1. The van der Waals surface area contributed by atoms with Gasteiger partial charge in [0.25, 0.3) is 0 Å². The van der Waals surface area contributed by atoms with Crippen molar-refractivity contribution in [2.24, 2.45) is 0 Å². The molecule has 0 amide bonds. The Bertz CT molecular complexity index is 520. The zero-order valence-electron chi connectivity index (χ0n) is 8.99.